The minimum Gasteiger partial charge on any atom is -0.494 e. The molecule has 11 heteroatoms. The second-order valence-corrected chi connectivity index (χ2v) is 6.65. The van der Waals surface area contributed by atoms with Crippen LogP contribution in [-0.4, -0.2) is 24.6 Å². The lowest BCUT2D eigenvalue weighted by Gasteiger charge is -2.15. The van der Waals surface area contributed by atoms with Gasteiger partial charge in [0.25, 0.3) is 10.0 Å². The van der Waals surface area contributed by atoms with E-state index in [-0.39, 0.29) is 17.5 Å². The number of imidazole rings is 1. The van der Waals surface area contributed by atoms with Gasteiger partial charge >= 0.3 is 6.18 Å². The van der Waals surface area contributed by atoms with Crippen molar-refractivity contribution in [3.8, 4) is 5.75 Å². The Morgan fingerprint density at radius 1 is 1.38 bits per heavy atom. The Kier molecular flexibility index (Phi) is 5.00. The average Bonchev–Trinajstić information content (AvgIpc) is 2.80. The highest BCUT2D eigenvalue weighted by Crippen LogP contribution is 2.38. The van der Waals surface area contributed by atoms with E-state index in [4.69, 9.17) is 16.3 Å². The molecule has 1 heterocycles. The number of aryl methyl sites for hydroxylation is 1. The van der Waals surface area contributed by atoms with E-state index >= 15 is 0 Å². The number of alkyl halides is 3. The second-order valence-electron chi connectivity index (χ2n) is 4.70. The van der Waals surface area contributed by atoms with E-state index in [1.54, 1.807) is 6.92 Å². The lowest BCUT2D eigenvalue weighted by atomic mass is 10.1. The van der Waals surface area contributed by atoms with E-state index < -0.39 is 32.5 Å². The zero-order valence-corrected chi connectivity index (χ0v) is 14.1. The van der Waals surface area contributed by atoms with E-state index in [2.05, 4.69) is 4.98 Å². The van der Waals surface area contributed by atoms with Gasteiger partial charge in [0.2, 0.25) is 5.03 Å². The maximum Gasteiger partial charge on any atom is 0.418 e. The zero-order valence-electron chi connectivity index (χ0n) is 12.6. The molecule has 0 saturated carbocycles. The van der Waals surface area contributed by atoms with Gasteiger partial charge in [0.05, 0.1) is 24.2 Å². The molecule has 24 heavy (non-hydrogen) atoms. The number of halogens is 4. The molecule has 0 aliphatic heterocycles. The topological polar surface area (TPSA) is 73.2 Å². The summed E-state index contributed by atoms with van der Waals surface area (Å²) in [5.41, 5.74) is -1.82. The number of nitrogens with zero attached hydrogens (tertiary/aromatic N) is 2. The summed E-state index contributed by atoms with van der Waals surface area (Å²) in [6.45, 7) is 1.79. The van der Waals surface area contributed by atoms with Crippen LogP contribution in [0.3, 0.4) is 0 Å². The van der Waals surface area contributed by atoms with Gasteiger partial charge in [0, 0.05) is 7.05 Å². The number of anilines is 1. The third-order valence-corrected chi connectivity index (χ3v) is 4.79. The van der Waals surface area contributed by atoms with Gasteiger partial charge in [-0.25, -0.2) is 4.98 Å². The molecular formula is C13H13ClF3N3O3S. The number of nitrogens with one attached hydrogen (secondary N) is 1. The minimum atomic E-state index is -4.78. The third kappa shape index (κ3) is 3.75. The molecule has 0 bridgehead atoms. The number of hydrogen-bond acceptors (Lipinski definition) is 4. The summed E-state index contributed by atoms with van der Waals surface area (Å²) in [6, 6.07) is 2.93. The number of aromatic nitrogens is 2. The standard InChI is InChI=1S/C13H13ClF3N3O3S/c1-3-23-8-4-5-10(9(6-8)13(15,16)17)19-24(21,22)12-11(14)20(2)7-18-12/h4-7,19H,3H2,1-2H3. The zero-order chi connectivity index (χ0) is 18.1. The van der Waals surface area contributed by atoms with Crippen LogP contribution >= 0.6 is 11.6 Å². The quantitative estimate of drug-likeness (QED) is 0.859. The highest BCUT2D eigenvalue weighted by molar-refractivity contribution is 7.92. The Morgan fingerprint density at radius 3 is 2.54 bits per heavy atom. The van der Waals surface area contributed by atoms with Crippen molar-refractivity contribution in [2.24, 2.45) is 7.05 Å². The summed E-state index contributed by atoms with van der Waals surface area (Å²) in [6.07, 6.45) is -3.64. The van der Waals surface area contributed by atoms with E-state index in [9.17, 15) is 21.6 Å². The fraction of sp³-hybridized carbons (Fsp3) is 0.308. The predicted molar refractivity (Wildman–Crippen MR) is 81.6 cm³/mol. The average molecular weight is 384 g/mol. The summed E-state index contributed by atoms with van der Waals surface area (Å²) in [4.78, 5) is 3.60. The maximum atomic E-state index is 13.2. The van der Waals surface area contributed by atoms with Crippen molar-refractivity contribution in [3.63, 3.8) is 0 Å². The molecule has 0 aliphatic carbocycles. The summed E-state index contributed by atoms with van der Waals surface area (Å²) in [7, 11) is -2.94. The molecule has 6 nitrogen and oxygen atoms in total. The summed E-state index contributed by atoms with van der Waals surface area (Å²) >= 11 is 5.79. The van der Waals surface area contributed by atoms with Gasteiger partial charge in [-0.05, 0) is 25.1 Å². The lowest BCUT2D eigenvalue weighted by molar-refractivity contribution is -0.137. The number of rotatable bonds is 5. The Morgan fingerprint density at radius 2 is 2.04 bits per heavy atom. The number of benzene rings is 1. The first-order valence-corrected chi connectivity index (χ1v) is 8.46. The van der Waals surface area contributed by atoms with Gasteiger partial charge in [-0.2, -0.15) is 21.6 Å². The molecule has 1 N–H and O–H groups in total. The van der Waals surface area contributed by atoms with E-state index in [1.807, 2.05) is 4.72 Å². The molecule has 0 fully saturated rings. The highest BCUT2D eigenvalue weighted by atomic mass is 35.5. The first kappa shape index (κ1) is 18.4. The molecule has 1 aromatic heterocycles. The van der Waals surface area contributed by atoms with Crippen molar-refractivity contribution in [1.82, 2.24) is 9.55 Å². The van der Waals surface area contributed by atoms with E-state index in [0.717, 1.165) is 18.5 Å². The van der Waals surface area contributed by atoms with Crippen LogP contribution in [-0.2, 0) is 23.2 Å². The van der Waals surface area contributed by atoms with Crippen molar-refractivity contribution in [2.75, 3.05) is 11.3 Å². The summed E-state index contributed by atoms with van der Waals surface area (Å²) in [5.74, 6) is -0.0244. The van der Waals surface area contributed by atoms with Crippen molar-refractivity contribution in [3.05, 3.63) is 35.2 Å². The van der Waals surface area contributed by atoms with Crippen molar-refractivity contribution >= 4 is 27.3 Å². The normalized spacial score (nSPS) is 12.2. The van der Waals surface area contributed by atoms with Gasteiger partial charge in [-0.15, -0.1) is 0 Å². The predicted octanol–water partition coefficient (Wildman–Crippen LogP) is 3.29. The molecule has 1 aromatic carbocycles. The molecule has 0 aliphatic rings. The van der Waals surface area contributed by atoms with Crippen molar-refractivity contribution < 1.29 is 26.3 Å². The summed E-state index contributed by atoms with van der Waals surface area (Å²) < 4.78 is 72.2. The van der Waals surface area contributed by atoms with Gasteiger partial charge < -0.3 is 9.30 Å². The Hall–Kier alpha value is -1.94. The lowest BCUT2D eigenvalue weighted by Crippen LogP contribution is -2.18. The smallest absolute Gasteiger partial charge is 0.418 e. The largest absolute Gasteiger partial charge is 0.494 e. The minimum absolute atomic E-state index is 0.0244. The Bertz CT molecular complexity index is 850. The van der Waals surface area contributed by atoms with Gasteiger partial charge in [-0.1, -0.05) is 11.6 Å². The van der Waals surface area contributed by atoms with Crippen LogP contribution in [0.1, 0.15) is 12.5 Å². The van der Waals surface area contributed by atoms with Crippen LogP contribution in [0.2, 0.25) is 5.15 Å². The molecule has 2 aromatic rings. The monoisotopic (exact) mass is 383 g/mol. The fourth-order valence-electron chi connectivity index (χ4n) is 1.87. The van der Waals surface area contributed by atoms with Crippen LogP contribution in [0.15, 0.2) is 29.6 Å². The first-order valence-electron chi connectivity index (χ1n) is 6.60. The molecular weight excluding hydrogens is 371 g/mol. The van der Waals surface area contributed by atoms with E-state index in [1.165, 1.54) is 17.7 Å². The van der Waals surface area contributed by atoms with Gasteiger partial charge in [-0.3, -0.25) is 4.72 Å². The molecule has 132 valence electrons. The molecule has 0 atom stereocenters. The molecule has 0 unspecified atom stereocenters. The number of hydrogen-bond donors (Lipinski definition) is 1. The molecule has 0 saturated heterocycles. The van der Waals surface area contributed by atoms with Gasteiger partial charge in [0.15, 0.2) is 0 Å². The Balaban J connectivity index is 2.47. The molecule has 0 spiro atoms. The van der Waals surface area contributed by atoms with Crippen molar-refractivity contribution in [2.45, 2.75) is 18.1 Å². The maximum absolute atomic E-state index is 13.2. The van der Waals surface area contributed by atoms with Crippen molar-refractivity contribution in [1.29, 1.82) is 0 Å². The number of sulfonamides is 1. The third-order valence-electron chi connectivity index (χ3n) is 2.94. The second kappa shape index (κ2) is 6.52. The first-order chi connectivity index (χ1) is 11.1. The van der Waals surface area contributed by atoms with Crippen LogP contribution in [0.25, 0.3) is 0 Å². The summed E-state index contributed by atoms with van der Waals surface area (Å²) in [5, 5.41) is -0.782. The van der Waals surface area contributed by atoms with Crippen LogP contribution in [0, 0.1) is 0 Å². The van der Waals surface area contributed by atoms with Gasteiger partial charge in [0.1, 0.15) is 10.9 Å². The molecule has 0 radical (unpaired) electrons. The number of ether oxygens (including phenoxy) is 1. The molecule has 2 rings (SSSR count). The highest BCUT2D eigenvalue weighted by Gasteiger charge is 2.36. The van der Waals surface area contributed by atoms with Crippen LogP contribution < -0.4 is 9.46 Å². The van der Waals surface area contributed by atoms with Crippen LogP contribution in [0.4, 0.5) is 18.9 Å². The fourth-order valence-corrected chi connectivity index (χ4v) is 3.38. The van der Waals surface area contributed by atoms with E-state index in [0.29, 0.717) is 0 Å². The van der Waals surface area contributed by atoms with Crippen LogP contribution in [0.5, 0.6) is 5.75 Å². The Labute approximate surface area is 141 Å². The molecule has 0 amide bonds. The SMILES string of the molecule is CCOc1ccc(NS(=O)(=O)c2ncn(C)c2Cl)c(C(F)(F)F)c1.